The number of hydrogen-bond acceptors (Lipinski definition) is 3. The fraction of sp³-hybridized carbons (Fsp3) is 0.211. The smallest absolute Gasteiger partial charge is 0.322 e. The minimum Gasteiger partial charge on any atom is -0.327 e. The summed E-state index contributed by atoms with van der Waals surface area (Å²) in [6.07, 6.45) is 1.68. The summed E-state index contributed by atoms with van der Waals surface area (Å²) in [4.78, 5) is 32.8. The molecule has 2 aromatic rings. The Labute approximate surface area is 149 Å². The molecule has 0 saturated carbocycles. The lowest BCUT2D eigenvalue weighted by molar-refractivity contribution is -0.126. The summed E-state index contributed by atoms with van der Waals surface area (Å²) in [5.74, 6) is -0.511. The van der Waals surface area contributed by atoms with Crippen LogP contribution in [-0.2, 0) is 11.3 Å². The van der Waals surface area contributed by atoms with Gasteiger partial charge in [0, 0.05) is 13.2 Å². The van der Waals surface area contributed by atoms with Gasteiger partial charge in [-0.3, -0.25) is 14.7 Å². The predicted octanol–water partition coefficient (Wildman–Crippen LogP) is 2.21. The molecule has 4 rings (SSSR count). The maximum absolute atomic E-state index is 13.3. The largest absolute Gasteiger partial charge is 0.327 e. The Bertz CT molecular complexity index is 896. The Balaban J connectivity index is 1.67. The Morgan fingerprint density at radius 3 is 2.65 bits per heavy atom. The Hall–Kier alpha value is -3.22. The van der Waals surface area contributed by atoms with Crippen LogP contribution in [0.5, 0.6) is 0 Å². The molecular weight excluding hydrogens is 335 g/mol. The van der Waals surface area contributed by atoms with Crippen molar-refractivity contribution >= 4 is 11.9 Å². The zero-order valence-electron chi connectivity index (χ0n) is 14.1. The molecule has 2 aliphatic heterocycles. The van der Waals surface area contributed by atoms with Gasteiger partial charge in [-0.15, -0.1) is 0 Å². The third kappa shape index (κ3) is 2.71. The monoisotopic (exact) mass is 352 g/mol. The van der Waals surface area contributed by atoms with Gasteiger partial charge in [-0.2, -0.15) is 0 Å². The molecule has 0 aliphatic carbocycles. The first-order valence-corrected chi connectivity index (χ1v) is 8.26. The third-order valence-electron chi connectivity index (χ3n) is 4.72. The molecule has 132 valence electrons. The number of nitrogens with zero attached hydrogens (tertiary/aromatic N) is 3. The van der Waals surface area contributed by atoms with Crippen LogP contribution in [0.4, 0.5) is 9.18 Å². The molecule has 3 heterocycles. The van der Waals surface area contributed by atoms with Crippen LogP contribution < -0.4 is 5.32 Å². The highest BCUT2D eigenvalue weighted by Crippen LogP contribution is 2.36. The van der Waals surface area contributed by atoms with Gasteiger partial charge in [0.15, 0.2) is 0 Å². The molecule has 0 saturated heterocycles. The number of hydrogen-bond donors (Lipinski definition) is 1. The number of pyridine rings is 1. The molecule has 2 aliphatic rings. The van der Waals surface area contributed by atoms with E-state index in [9.17, 15) is 14.0 Å². The summed E-state index contributed by atoms with van der Waals surface area (Å²) < 4.78 is 13.3. The normalized spacial score (nSPS) is 19.7. The average Bonchev–Trinajstić information content (AvgIpc) is 2.97. The van der Waals surface area contributed by atoms with Crippen LogP contribution >= 0.6 is 0 Å². The summed E-state index contributed by atoms with van der Waals surface area (Å²) in [6, 6.07) is 10.5. The Morgan fingerprint density at radius 2 is 1.96 bits per heavy atom. The van der Waals surface area contributed by atoms with Crippen LogP contribution in [0.15, 0.2) is 59.9 Å². The zero-order valence-corrected chi connectivity index (χ0v) is 14.1. The van der Waals surface area contributed by atoms with Crippen LogP contribution in [0, 0.1) is 5.82 Å². The standard InChI is InChI=1S/C19H17FN4O2/c1-23-15-11-24(10-14-4-2-3-9-21-14)18(25)16(15)17(22-19(23)26)12-5-7-13(20)8-6-12/h2-9,17H,10-11H2,1H3,(H,22,26)/t17-/m1/s1. The summed E-state index contributed by atoms with van der Waals surface area (Å²) in [5.41, 5.74) is 2.65. The molecule has 7 heteroatoms. The molecule has 3 amide bonds. The first-order chi connectivity index (χ1) is 12.5. The second-order valence-corrected chi connectivity index (χ2v) is 6.34. The Morgan fingerprint density at radius 1 is 1.19 bits per heavy atom. The van der Waals surface area contributed by atoms with Gasteiger partial charge in [-0.05, 0) is 29.8 Å². The van der Waals surface area contributed by atoms with Crippen molar-refractivity contribution in [1.82, 2.24) is 20.1 Å². The second-order valence-electron chi connectivity index (χ2n) is 6.34. The molecule has 0 fully saturated rings. The maximum atomic E-state index is 13.3. The van der Waals surface area contributed by atoms with Gasteiger partial charge < -0.3 is 10.2 Å². The van der Waals surface area contributed by atoms with Gasteiger partial charge in [0.25, 0.3) is 5.91 Å². The number of amides is 3. The van der Waals surface area contributed by atoms with Gasteiger partial charge in [-0.1, -0.05) is 18.2 Å². The minimum atomic E-state index is -0.587. The second kappa shape index (κ2) is 6.25. The average molecular weight is 352 g/mol. The van der Waals surface area contributed by atoms with Crippen LogP contribution in [0.1, 0.15) is 17.3 Å². The molecule has 1 atom stereocenters. The Kier molecular flexibility index (Phi) is 3.91. The van der Waals surface area contributed by atoms with Crippen molar-refractivity contribution < 1.29 is 14.0 Å². The molecule has 1 N–H and O–H groups in total. The predicted molar refractivity (Wildman–Crippen MR) is 92.1 cm³/mol. The van der Waals surface area contributed by atoms with Gasteiger partial charge in [0.2, 0.25) is 0 Å². The van der Waals surface area contributed by atoms with Crippen molar-refractivity contribution in [2.75, 3.05) is 13.6 Å². The van der Waals surface area contributed by atoms with Crippen LogP contribution in [0.25, 0.3) is 0 Å². The van der Waals surface area contributed by atoms with Gasteiger partial charge >= 0.3 is 6.03 Å². The van der Waals surface area contributed by atoms with E-state index < -0.39 is 6.04 Å². The van der Waals surface area contributed by atoms with E-state index in [1.54, 1.807) is 30.3 Å². The van der Waals surface area contributed by atoms with E-state index in [-0.39, 0.29) is 17.8 Å². The van der Waals surface area contributed by atoms with Crippen molar-refractivity contribution in [1.29, 1.82) is 0 Å². The molecule has 1 aromatic carbocycles. The van der Waals surface area contributed by atoms with E-state index >= 15 is 0 Å². The number of urea groups is 1. The number of halogens is 1. The molecule has 0 bridgehead atoms. The zero-order chi connectivity index (χ0) is 18.3. The highest BCUT2D eigenvalue weighted by molar-refractivity contribution is 6.01. The fourth-order valence-electron chi connectivity index (χ4n) is 3.34. The van der Waals surface area contributed by atoms with Crippen LogP contribution in [0.2, 0.25) is 0 Å². The topological polar surface area (TPSA) is 65.5 Å². The third-order valence-corrected chi connectivity index (χ3v) is 4.72. The van der Waals surface area contributed by atoms with E-state index in [4.69, 9.17) is 0 Å². The molecule has 0 spiro atoms. The van der Waals surface area contributed by atoms with Crippen molar-refractivity contribution in [2.45, 2.75) is 12.6 Å². The number of aromatic nitrogens is 1. The van der Waals surface area contributed by atoms with E-state index in [0.29, 0.717) is 29.9 Å². The number of benzene rings is 1. The van der Waals surface area contributed by atoms with E-state index in [2.05, 4.69) is 10.3 Å². The summed E-state index contributed by atoms with van der Waals surface area (Å²) in [6.45, 7) is 0.706. The molecular formula is C19H17FN4O2. The van der Waals surface area contributed by atoms with Crippen LogP contribution in [0.3, 0.4) is 0 Å². The SMILES string of the molecule is CN1C(=O)N[C@H](c2ccc(F)cc2)C2=C1CN(Cc1ccccn1)C2=O. The van der Waals surface area contributed by atoms with E-state index in [0.717, 1.165) is 5.69 Å². The lowest BCUT2D eigenvalue weighted by atomic mass is 9.96. The maximum Gasteiger partial charge on any atom is 0.322 e. The van der Waals surface area contributed by atoms with Gasteiger partial charge in [-0.25, -0.2) is 9.18 Å². The van der Waals surface area contributed by atoms with Crippen molar-refractivity contribution in [3.8, 4) is 0 Å². The number of nitrogens with one attached hydrogen (secondary N) is 1. The molecule has 6 nitrogen and oxygen atoms in total. The summed E-state index contributed by atoms with van der Waals surface area (Å²) in [5, 5.41) is 2.83. The van der Waals surface area contributed by atoms with E-state index in [1.807, 2.05) is 18.2 Å². The first-order valence-electron chi connectivity index (χ1n) is 8.26. The summed E-state index contributed by atoms with van der Waals surface area (Å²) in [7, 11) is 1.64. The highest BCUT2D eigenvalue weighted by atomic mass is 19.1. The highest BCUT2D eigenvalue weighted by Gasteiger charge is 2.42. The summed E-state index contributed by atoms with van der Waals surface area (Å²) >= 11 is 0. The van der Waals surface area contributed by atoms with Crippen LogP contribution in [-0.4, -0.2) is 40.3 Å². The quantitative estimate of drug-likeness (QED) is 0.921. The molecule has 0 unspecified atom stereocenters. The number of carbonyl (C=O) groups is 2. The van der Waals surface area contributed by atoms with Gasteiger partial charge in [0.1, 0.15) is 5.82 Å². The van der Waals surface area contributed by atoms with Crippen molar-refractivity contribution in [3.63, 3.8) is 0 Å². The lowest BCUT2D eigenvalue weighted by Crippen LogP contribution is -2.45. The molecule has 0 radical (unpaired) electrons. The molecule has 26 heavy (non-hydrogen) atoms. The lowest BCUT2D eigenvalue weighted by Gasteiger charge is -2.31. The van der Waals surface area contributed by atoms with E-state index in [1.165, 1.54) is 17.0 Å². The fourth-order valence-corrected chi connectivity index (χ4v) is 3.34. The number of likely N-dealkylation sites (N-methyl/N-ethyl adjacent to an activating group) is 1. The van der Waals surface area contributed by atoms with Crippen molar-refractivity contribution in [2.24, 2.45) is 0 Å². The number of rotatable bonds is 3. The van der Waals surface area contributed by atoms with Crippen molar-refractivity contribution in [3.05, 3.63) is 77.0 Å². The minimum absolute atomic E-state index is 0.146. The molecule has 1 aromatic heterocycles. The van der Waals surface area contributed by atoms with Gasteiger partial charge in [0.05, 0.1) is 36.1 Å². The number of carbonyl (C=O) groups excluding carboxylic acids is 2. The first kappa shape index (κ1) is 16.3.